The summed E-state index contributed by atoms with van der Waals surface area (Å²) in [4.78, 5) is 4.32. The van der Waals surface area contributed by atoms with Crippen LogP contribution in [0, 0.1) is 5.92 Å². The molecule has 0 aliphatic heterocycles. The number of nitrogens with zero attached hydrogens (tertiary/aromatic N) is 2. The summed E-state index contributed by atoms with van der Waals surface area (Å²) in [6.07, 6.45) is 0.634. The molecule has 0 bridgehead atoms. The van der Waals surface area contributed by atoms with E-state index < -0.39 is 0 Å². The van der Waals surface area contributed by atoms with Crippen molar-refractivity contribution in [1.82, 2.24) is 10.1 Å². The largest absolute Gasteiger partial charge is 0.339 e. The van der Waals surface area contributed by atoms with Crippen molar-refractivity contribution < 1.29 is 4.52 Å². The van der Waals surface area contributed by atoms with Gasteiger partial charge >= 0.3 is 0 Å². The molecule has 0 radical (unpaired) electrons. The Morgan fingerprint density at radius 3 is 2.94 bits per heavy atom. The molecule has 0 saturated carbocycles. The van der Waals surface area contributed by atoms with Gasteiger partial charge in [-0.05, 0) is 17.4 Å². The Hall–Kier alpha value is -1.20. The second-order valence-corrected chi connectivity index (χ2v) is 4.92. The van der Waals surface area contributed by atoms with Gasteiger partial charge in [0.1, 0.15) is 0 Å². The highest BCUT2D eigenvalue weighted by atomic mass is 32.1. The first-order valence-corrected chi connectivity index (χ1v) is 6.22. The molecule has 2 N–H and O–H groups in total. The Morgan fingerprint density at radius 2 is 2.31 bits per heavy atom. The molecule has 2 aromatic heterocycles. The van der Waals surface area contributed by atoms with Crippen LogP contribution < -0.4 is 5.73 Å². The first-order valence-electron chi connectivity index (χ1n) is 5.27. The zero-order valence-corrected chi connectivity index (χ0v) is 10.2. The maximum atomic E-state index is 5.95. The van der Waals surface area contributed by atoms with Crippen LogP contribution in [-0.4, -0.2) is 16.2 Å². The molecule has 0 aliphatic carbocycles. The third-order valence-electron chi connectivity index (χ3n) is 2.51. The smallest absolute Gasteiger partial charge is 0.228 e. The molecule has 2 aromatic rings. The van der Waals surface area contributed by atoms with E-state index in [0.717, 1.165) is 5.56 Å². The first-order chi connectivity index (χ1) is 7.66. The lowest BCUT2D eigenvalue weighted by Gasteiger charge is -2.11. The van der Waals surface area contributed by atoms with E-state index in [1.165, 1.54) is 0 Å². The van der Waals surface area contributed by atoms with Gasteiger partial charge in [0.05, 0.1) is 0 Å². The van der Waals surface area contributed by atoms with E-state index in [9.17, 15) is 0 Å². The van der Waals surface area contributed by atoms with Gasteiger partial charge in [-0.1, -0.05) is 19.0 Å². The van der Waals surface area contributed by atoms with E-state index in [2.05, 4.69) is 24.0 Å². The van der Waals surface area contributed by atoms with Crippen LogP contribution in [0.15, 0.2) is 21.3 Å². The van der Waals surface area contributed by atoms with Gasteiger partial charge in [0, 0.05) is 23.4 Å². The molecule has 2 heterocycles. The summed E-state index contributed by atoms with van der Waals surface area (Å²) in [7, 11) is 0. The van der Waals surface area contributed by atoms with Crippen molar-refractivity contribution >= 4 is 11.3 Å². The molecule has 0 amide bonds. The summed E-state index contributed by atoms with van der Waals surface area (Å²) in [6, 6.07) is 2.04. The molecule has 0 aliphatic rings. The van der Waals surface area contributed by atoms with Crippen LogP contribution in [0.1, 0.15) is 19.7 Å². The minimum atomic E-state index is 0.0655. The predicted octanol–water partition coefficient (Wildman–Crippen LogP) is 2.32. The molecule has 0 saturated heterocycles. The topological polar surface area (TPSA) is 64.9 Å². The number of hydrogen-bond donors (Lipinski definition) is 1. The monoisotopic (exact) mass is 237 g/mol. The van der Waals surface area contributed by atoms with Crippen LogP contribution in [-0.2, 0) is 6.42 Å². The second kappa shape index (κ2) is 4.76. The number of rotatable bonds is 4. The molecule has 0 spiro atoms. The molecule has 1 unspecified atom stereocenters. The van der Waals surface area contributed by atoms with Gasteiger partial charge in [0.2, 0.25) is 11.7 Å². The van der Waals surface area contributed by atoms with Gasteiger partial charge in [-0.2, -0.15) is 16.3 Å². The Morgan fingerprint density at radius 1 is 1.50 bits per heavy atom. The minimum absolute atomic E-state index is 0.0655. The maximum absolute atomic E-state index is 5.95. The van der Waals surface area contributed by atoms with Crippen LogP contribution in [0.2, 0.25) is 0 Å². The first kappa shape index (κ1) is 11.3. The highest BCUT2D eigenvalue weighted by Crippen LogP contribution is 2.19. The third kappa shape index (κ3) is 2.48. The number of hydrogen-bond acceptors (Lipinski definition) is 5. The maximum Gasteiger partial charge on any atom is 0.228 e. The van der Waals surface area contributed by atoms with Crippen molar-refractivity contribution in [3.8, 4) is 11.4 Å². The molecule has 0 fully saturated rings. The van der Waals surface area contributed by atoms with Gasteiger partial charge in [-0.25, -0.2) is 0 Å². The Kier molecular flexibility index (Phi) is 3.36. The summed E-state index contributed by atoms with van der Waals surface area (Å²) < 4.78 is 5.17. The second-order valence-electron chi connectivity index (χ2n) is 4.14. The molecule has 16 heavy (non-hydrogen) atoms. The van der Waals surface area contributed by atoms with Crippen molar-refractivity contribution in [1.29, 1.82) is 0 Å². The lowest BCUT2D eigenvalue weighted by molar-refractivity contribution is 0.353. The fourth-order valence-electron chi connectivity index (χ4n) is 1.28. The molecule has 86 valence electrons. The van der Waals surface area contributed by atoms with E-state index in [0.29, 0.717) is 24.1 Å². The highest BCUT2D eigenvalue weighted by molar-refractivity contribution is 7.08. The molecule has 1 atom stereocenters. The molecular weight excluding hydrogens is 222 g/mol. The lowest BCUT2D eigenvalue weighted by atomic mass is 10.0. The van der Waals surface area contributed by atoms with Crippen molar-refractivity contribution in [3.63, 3.8) is 0 Å². The average molecular weight is 237 g/mol. The Balaban J connectivity index is 2.08. The van der Waals surface area contributed by atoms with E-state index in [-0.39, 0.29) is 6.04 Å². The zero-order chi connectivity index (χ0) is 11.5. The summed E-state index contributed by atoms with van der Waals surface area (Å²) >= 11 is 1.62. The van der Waals surface area contributed by atoms with Crippen LogP contribution in [0.25, 0.3) is 11.4 Å². The Labute approximate surface area is 98.5 Å². The number of thiophene rings is 1. The van der Waals surface area contributed by atoms with Crippen molar-refractivity contribution in [2.45, 2.75) is 26.3 Å². The van der Waals surface area contributed by atoms with Gasteiger partial charge in [-0.3, -0.25) is 0 Å². The molecular formula is C11H15N3OS. The van der Waals surface area contributed by atoms with Crippen molar-refractivity contribution in [2.75, 3.05) is 0 Å². The molecule has 4 nitrogen and oxygen atoms in total. The van der Waals surface area contributed by atoms with Crippen LogP contribution >= 0.6 is 11.3 Å². The normalized spacial score (nSPS) is 13.2. The molecule has 0 aromatic carbocycles. The van der Waals surface area contributed by atoms with Crippen molar-refractivity contribution in [3.05, 3.63) is 22.7 Å². The highest BCUT2D eigenvalue weighted by Gasteiger charge is 2.14. The van der Waals surface area contributed by atoms with E-state index in [1.54, 1.807) is 11.3 Å². The van der Waals surface area contributed by atoms with Gasteiger partial charge < -0.3 is 10.3 Å². The van der Waals surface area contributed by atoms with Gasteiger partial charge in [0.25, 0.3) is 0 Å². The fraction of sp³-hybridized carbons (Fsp3) is 0.455. The minimum Gasteiger partial charge on any atom is -0.339 e. The van der Waals surface area contributed by atoms with Gasteiger partial charge in [-0.15, -0.1) is 0 Å². The Bertz CT molecular complexity index is 436. The lowest BCUT2D eigenvalue weighted by Crippen LogP contribution is -2.28. The van der Waals surface area contributed by atoms with E-state index in [1.807, 2.05) is 16.8 Å². The summed E-state index contributed by atoms with van der Waals surface area (Å²) in [5.74, 6) is 1.67. The quantitative estimate of drug-likeness (QED) is 0.886. The number of aromatic nitrogens is 2. The summed E-state index contributed by atoms with van der Waals surface area (Å²) in [5, 5.41) is 7.92. The molecule has 5 heteroatoms. The zero-order valence-electron chi connectivity index (χ0n) is 9.38. The fourth-order valence-corrected chi connectivity index (χ4v) is 1.92. The standard InChI is InChI=1S/C11H15N3OS/c1-7(2)9(12)5-10-13-11(14-15-10)8-3-4-16-6-8/h3-4,6-7,9H,5,12H2,1-2H3. The summed E-state index contributed by atoms with van der Waals surface area (Å²) in [6.45, 7) is 4.17. The van der Waals surface area contributed by atoms with Gasteiger partial charge in [0.15, 0.2) is 0 Å². The van der Waals surface area contributed by atoms with E-state index >= 15 is 0 Å². The van der Waals surface area contributed by atoms with Crippen LogP contribution in [0.5, 0.6) is 0 Å². The van der Waals surface area contributed by atoms with Crippen LogP contribution in [0.4, 0.5) is 0 Å². The average Bonchev–Trinajstić information content (AvgIpc) is 2.85. The number of nitrogens with two attached hydrogens (primary N) is 1. The SMILES string of the molecule is CC(C)C(N)Cc1nc(-c2ccsc2)no1. The predicted molar refractivity (Wildman–Crippen MR) is 64.1 cm³/mol. The third-order valence-corrected chi connectivity index (χ3v) is 3.20. The van der Waals surface area contributed by atoms with Crippen molar-refractivity contribution in [2.24, 2.45) is 11.7 Å². The summed E-state index contributed by atoms with van der Waals surface area (Å²) in [5.41, 5.74) is 6.95. The van der Waals surface area contributed by atoms with Crippen LogP contribution in [0.3, 0.4) is 0 Å². The van der Waals surface area contributed by atoms with E-state index in [4.69, 9.17) is 10.3 Å². The molecule has 2 rings (SSSR count).